The van der Waals surface area contributed by atoms with Crippen molar-refractivity contribution in [3.8, 4) is 0 Å². The number of hydrogen-bond acceptors (Lipinski definition) is 4. The Morgan fingerprint density at radius 1 is 1.60 bits per heavy atom. The maximum Gasteiger partial charge on any atom is 0.330 e. The van der Waals surface area contributed by atoms with Gasteiger partial charge in [0.15, 0.2) is 0 Å². The summed E-state index contributed by atoms with van der Waals surface area (Å²) in [5.41, 5.74) is 0. The third-order valence-electron chi connectivity index (χ3n) is 1.98. The second-order valence-electron chi connectivity index (χ2n) is 3.51. The van der Waals surface area contributed by atoms with Gasteiger partial charge >= 0.3 is 5.97 Å². The first-order valence-electron chi connectivity index (χ1n) is 4.79. The van der Waals surface area contributed by atoms with Crippen LogP contribution in [0.4, 0.5) is 0 Å². The van der Waals surface area contributed by atoms with Gasteiger partial charge in [0.2, 0.25) is 0 Å². The second-order valence-corrected chi connectivity index (χ2v) is 4.48. The van der Waals surface area contributed by atoms with E-state index in [0.29, 0.717) is 0 Å². The largest absolute Gasteiger partial charge is 0.467 e. The van der Waals surface area contributed by atoms with Gasteiger partial charge in [-0.25, -0.2) is 4.79 Å². The molecule has 82 valence electrons. The van der Waals surface area contributed by atoms with Gasteiger partial charge < -0.3 is 4.74 Å². The Labute approximate surface area is 93.8 Å². The van der Waals surface area contributed by atoms with Gasteiger partial charge in [-0.2, -0.15) is 0 Å². The zero-order valence-electron chi connectivity index (χ0n) is 9.14. The summed E-state index contributed by atoms with van der Waals surface area (Å²) >= 11 is 1.59. The van der Waals surface area contributed by atoms with Crippen LogP contribution in [0.3, 0.4) is 0 Å². The minimum atomic E-state index is -0.405. The van der Waals surface area contributed by atoms with Crippen LogP contribution in [0.1, 0.15) is 18.7 Å². The van der Waals surface area contributed by atoms with E-state index >= 15 is 0 Å². The minimum Gasteiger partial charge on any atom is -0.467 e. The van der Waals surface area contributed by atoms with Crippen LogP contribution >= 0.6 is 11.3 Å². The summed E-state index contributed by atoms with van der Waals surface area (Å²) < 4.78 is 4.69. The van der Waals surface area contributed by atoms with Crippen LogP contribution in [0.15, 0.2) is 22.5 Å². The third-order valence-corrected chi connectivity index (χ3v) is 2.79. The number of ether oxygens (including phenoxy) is 1. The van der Waals surface area contributed by atoms with Crippen LogP contribution in [0.2, 0.25) is 0 Å². The highest BCUT2D eigenvalue weighted by Crippen LogP contribution is 2.10. The van der Waals surface area contributed by atoms with Crippen LogP contribution in [0.5, 0.6) is 0 Å². The first-order chi connectivity index (χ1) is 7.15. The number of nitrogens with zero attached hydrogens (tertiary/aromatic N) is 1. The summed E-state index contributed by atoms with van der Waals surface area (Å²) in [6.07, 6.45) is 1.73. The van der Waals surface area contributed by atoms with Crippen molar-refractivity contribution in [2.45, 2.75) is 19.9 Å². The van der Waals surface area contributed by atoms with Crippen LogP contribution in [0.25, 0.3) is 0 Å². The van der Waals surface area contributed by atoms with Crippen LogP contribution in [-0.4, -0.2) is 25.3 Å². The highest BCUT2D eigenvalue weighted by molar-refractivity contribution is 7.11. The molecule has 1 heterocycles. The highest BCUT2D eigenvalue weighted by Gasteiger charge is 2.20. The third kappa shape index (κ3) is 3.47. The molecule has 1 rings (SSSR count). The Kier molecular flexibility index (Phi) is 4.49. The van der Waals surface area contributed by atoms with Crippen LogP contribution in [0, 0.1) is 5.92 Å². The molecule has 1 unspecified atom stereocenters. The number of carbonyl (C=O) groups excluding carboxylic acids is 1. The van der Waals surface area contributed by atoms with Gasteiger partial charge in [-0.05, 0) is 17.4 Å². The fourth-order valence-corrected chi connectivity index (χ4v) is 1.74. The lowest BCUT2D eigenvalue weighted by Gasteiger charge is -2.12. The quantitative estimate of drug-likeness (QED) is 0.583. The van der Waals surface area contributed by atoms with Crippen molar-refractivity contribution in [1.82, 2.24) is 0 Å². The zero-order valence-corrected chi connectivity index (χ0v) is 9.95. The van der Waals surface area contributed by atoms with E-state index in [9.17, 15) is 4.79 Å². The number of hydrogen-bond donors (Lipinski definition) is 0. The summed E-state index contributed by atoms with van der Waals surface area (Å²) in [6, 6.07) is 3.51. The molecule has 0 aliphatic rings. The maximum absolute atomic E-state index is 11.4. The van der Waals surface area contributed by atoms with E-state index in [1.807, 2.05) is 31.4 Å². The summed E-state index contributed by atoms with van der Waals surface area (Å²) in [5.74, 6) is -0.133. The molecule has 0 aromatic carbocycles. The molecule has 1 aromatic heterocycles. The molecule has 0 saturated heterocycles. The Morgan fingerprint density at radius 2 is 2.33 bits per heavy atom. The van der Waals surface area contributed by atoms with E-state index in [-0.39, 0.29) is 11.9 Å². The number of aliphatic imine (C=N–C) groups is 1. The Balaban J connectivity index is 2.71. The van der Waals surface area contributed by atoms with E-state index in [2.05, 4.69) is 4.99 Å². The molecule has 3 nitrogen and oxygen atoms in total. The number of esters is 1. The normalized spacial score (nSPS) is 13.3. The smallest absolute Gasteiger partial charge is 0.330 e. The molecular formula is C11H15NO2S. The number of rotatable bonds is 4. The van der Waals surface area contributed by atoms with Gasteiger partial charge in [0, 0.05) is 11.1 Å². The van der Waals surface area contributed by atoms with Crippen molar-refractivity contribution in [2.24, 2.45) is 10.9 Å². The molecule has 0 amide bonds. The molecule has 0 fully saturated rings. The standard InChI is InChI=1S/C11H15NO2S/c1-8(2)10(11(13)14-3)12-7-9-5-4-6-15-9/h4-8,10H,1-3H3. The van der Waals surface area contributed by atoms with Gasteiger partial charge in [-0.1, -0.05) is 19.9 Å². The topological polar surface area (TPSA) is 38.7 Å². The monoisotopic (exact) mass is 225 g/mol. The Bertz CT molecular complexity index is 330. The van der Waals surface area contributed by atoms with Gasteiger partial charge in [0.05, 0.1) is 7.11 Å². The molecule has 0 bridgehead atoms. The highest BCUT2D eigenvalue weighted by atomic mass is 32.1. The molecule has 0 saturated carbocycles. The van der Waals surface area contributed by atoms with Gasteiger partial charge in [-0.15, -0.1) is 11.3 Å². The summed E-state index contributed by atoms with van der Waals surface area (Å²) in [6.45, 7) is 3.90. The van der Waals surface area contributed by atoms with Crippen molar-refractivity contribution in [3.05, 3.63) is 22.4 Å². The van der Waals surface area contributed by atoms with Crippen molar-refractivity contribution < 1.29 is 9.53 Å². The predicted molar refractivity (Wildman–Crippen MR) is 62.6 cm³/mol. The molecule has 0 aliphatic heterocycles. The molecule has 0 N–H and O–H groups in total. The molecule has 4 heteroatoms. The first kappa shape index (κ1) is 11.9. The Hall–Kier alpha value is -1.16. The average molecular weight is 225 g/mol. The number of methoxy groups -OCH3 is 1. The minimum absolute atomic E-state index is 0.147. The first-order valence-corrected chi connectivity index (χ1v) is 5.67. The molecular weight excluding hydrogens is 210 g/mol. The second kappa shape index (κ2) is 5.66. The molecule has 1 aromatic rings. The van der Waals surface area contributed by atoms with Crippen molar-refractivity contribution in [1.29, 1.82) is 0 Å². The van der Waals surface area contributed by atoms with Gasteiger partial charge in [-0.3, -0.25) is 4.99 Å². The zero-order chi connectivity index (χ0) is 11.3. The number of carbonyl (C=O) groups is 1. The molecule has 0 aliphatic carbocycles. The summed E-state index contributed by atoms with van der Waals surface area (Å²) in [7, 11) is 1.39. The lowest BCUT2D eigenvalue weighted by atomic mass is 10.1. The average Bonchev–Trinajstić information content (AvgIpc) is 2.70. The van der Waals surface area contributed by atoms with Crippen LogP contribution in [-0.2, 0) is 9.53 Å². The summed E-state index contributed by atoms with van der Waals surface area (Å²) in [5, 5.41) is 1.98. The van der Waals surface area contributed by atoms with Crippen molar-refractivity contribution in [2.75, 3.05) is 7.11 Å². The van der Waals surface area contributed by atoms with E-state index < -0.39 is 6.04 Å². The van der Waals surface area contributed by atoms with E-state index in [1.165, 1.54) is 7.11 Å². The van der Waals surface area contributed by atoms with Crippen LogP contribution < -0.4 is 0 Å². The van der Waals surface area contributed by atoms with Crippen molar-refractivity contribution >= 4 is 23.5 Å². The fraction of sp³-hybridized carbons (Fsp3) is 0.455. The predicted octanol–water partition coefficient (Wildman–Crippen LogP) is 2.36. The van der Waals surface area contributed by atoms with E-state index in [1.54, 1.807) is 17.6 Å². The maximum atomic E-state index is 11.4. The molecule has 1 atom stereocenters. The lowest BCUT2D eigenvalue weighted by molar-refractivity contribution is -0.143. The summed E-state index contributed by atoms with van der Waals surface area (Å²) in [4.78, 5) is 16.7. The fourth-order valence-electron chi connectivity index (χ4n) is 1.14. The lowest BCUT2D eigenvalue weighted by Crippen LogP contribution is -2.25. The molecule has 0 radical (unpaired) electrons. The van der Waals surface area contributed by atoms with E-state index in [4.69, 9.17) is 4.74 Å². The molecule has 0 spiro atoms. The van der Waals surface area contributed by atoms with Gasteiger partial charge in [0.1, 0.15) is 6.04 Å². The molecule has 15 heavy (non-hydrogen) atoms. The SMILES string of the molecule is COC(=O)C(N=Cc1cccs1)C(C)C. The Morgan fingerprint density at radius 3 is 2.80 bits per heavy atom. The number of thiophene rings is 1. The van der Waals surface area contributed by atoms with Crippen molar-refractivity contribution in [3.63, 3.8) is 0 Å². The van der Waals surface area contributed by atoms with Gasteiger partial charge in [0.25, 0.3) is 0 Å². The van der Waals surface area contributed by atoms with E-state index in [0.717, 1.165) is 4.88 Å².